The number of ether oxygens (including phenoxy) is 1. The van der Waals surface area contributed by atoms with Crippen LogP contribution in [0, 0.1) is 6.92 Å². The van der Waals surface area contributed by atoms with Gasteiger partial charge in [0.1, 0.15) is 11.4 Å². The number of hydrogen-bond donors (Lipinski definition) is 1. The summed E-state index contributed by atoms with van der Waals surface area (Å²) >= 11 is 0. The van der Waals surface area contributed by atoms with Crippen LogP contribution in [0.4, 0.5) is 0 Å². The second kappa shape index (κ2) is 6.13. The SMILES string of the molecule is CCC1(C)CC(NCc2ccc(C)cc2)c2ccccc2O1. The third-order valence-corrected chi connectivity index (χ3v) is 4.71. The largest absolute Gasteiger partial charge is 0.487 e. The average Bonchev–Trinajstić information content (AvgIpc) is 2.54. The molecule has 2 atom stereocenters. The van der Waals surface area contributed by atoms with Crippen molar-refractivity contribution in [1.82, 2.24) is 5.32 Å². The van der Waals surface area contributed by atoms with E-state index in [2.05, 4.69) is 74.6 Å². The fraction of sp³-hybridized carbons (Fsp3) is 0.400. The molecule has 1 aliphatic rings. The molecule has 0 aliphatic carbocycles. The van der Waals surface area contributed by atoms with E-state index < -0.39 is 0 Å². The van der Waals surface area contributed by atoms with Crippen molar-refractivity contribution in [1.29, 1.82) is 0 Å². The first-order valence-electron chi connectivity index (χ1n) is 8.16. The molecule has 0 saturated carbocycles. The maximum absolute atomic E-state index is 6.23. The van der Waals surface area contributed by atoms with Crippen LogP contribution in [0.15, 0.2) is 48.5 Å². The van der Waals surface area contributed by atoms with Crippen LogP contribution in [-0.2, 0) is 6.54 Å². The van der Waals surface area contributed by atoms with Gasteiger partial charge in [-0.05, 0) is 31.9 Å². The highest BCUT2D eigenvalue weighted by molar-refractivity contribution is 5.39. The minimum Gasteiger partial charge on any atom is -0.487 e. The molecule has 2 nitrogen and oxygen atoms in total. The fourth-order valence-corrected chi connectivity index (χ4v) is 3.06. The summed E-state index contributed by atoms with van der Waals surface area (Å²) in [6.07, 6.45) is 2.02. The van der Waals surface area contributed by atoms with E-state index in [9.17, 15) is 0 Å². The predicted molar refractivity (Wildman–Crippen MR) is 91.1 cm³/mol. The van der Waals surface area contributed by atoms with Crippen LogP contribution in [0.5, 0.6) is 5.75 Å². The molecular formula is C20H25NO. The molecule has 0 aromatic heterocycles. The van der Waals surface area contributed by atoms with Crippen LogP contribution in [-0.4, -0.2) is 5.60 Å². The Labute approximate surface area is 133 Å². The molecule has 0 fully saturated rings. The van der Waals surface area contributed by atoms with E-state index in [0.29, 0.717) is 6.04 Å². The molecule has 1 aliphatic heterocycles. The van der Waals surface area contributed by atoms with Gasteiger partial charge in [-0.3, -0.25) is 0 Å². The molecule has 0 amide bonds. The van der Waals surface area contributed by atoms with Gasteiger partial charge < -0.3 is 10.1 Å². The van der Waals surface area contributed by atoms with Crippen molar-refractivity contribution >= 4 is 0 Å². The molecule has 2 aromatic rings. The van der Waals surface area contributed by atoms with Crippen LogP contribution in [0.1, 0.15) is 49.4 Å². The number of rotatable bonds is 4. The molecule has 2 aromatic carbocycles. The Kier molecular flexibility index (Phi) is 4.21. The zero-order valence-corrected chi connectivity index (χ0v) is 13.7. The molecule has 2 unspecified atom stereocenters. The molecule has 116 valence electrons. The summed E-state index contributed by atoms with van der Waals surface area (Å²) in [6, 6.07) is 17.5. The predicted octanol–water partition coefficient (Wildman–Crippen LogP) is 4.78. The highest BCUT2D eigenvalue weighted by atomic mass is 16.5. The average molecular weight is 295 g/mol. The number of hydrogen-bond acceptors (Lipinski definition) is 2. The zero-order valence-electron chi connectivity index (χ0n) is 13.7. The quantitative estimate of drug-likeness (QED) is 0.876. The molecule has 1 N–H and O–H groups in total. The lowest BCUT2D eigenvalue weighted by molar-refractivity contribution is 0.0439. The summed E-state index contributed by atoms with van der Waals surface area (Å²) < 4.78 is 6.23. The van der Waals surface area contributed by atoms with Gasteiger partial charge in [-0.25, -0.2) is 0 Å². The number of benzene rings is 2. The Morgan fingerprint density at radius 2 is 1.86 bits per heavy atom. The van der Waals surface area contributed by atoms with E-state index in [-0.39, 0.29) is 5.60 Å². The summed E-state index contributed by atoms with van der Waals surface area (Å²) in [5.74, 6) is 1.03. The minimum absolute atomic E-state index is 0.0840. The maximum atomic E-state index is 6.23. The Balaban J connectivity index is 1.78. The van der Waals surface area contributed by atoms with Gasteiger partial charge in [-0.15, -0.1) is 0 Å². The molecule has 2 heteroatoms. The third-order valence-electron chi connectivity index (χ3n) is 4.71. The van der Waals surface area contributed by atoms with Crippen molar-refractivity contribution in [2.24, 2.45) is 0 Å². The molecule has 3 rings (SSSR count). The van der Waals surface area contributed by atoms with Crippen molar-refractivity contribution in [3.8, 4) is 5.75 Å². The van der Waals surface area contributed by atoms with Crippen molar-refractivity contribution in [3.05, 3.63) is 65.2 Å². The summed E-state index contributed by atoms with van der Waals surface area (Å²) in [6.45, 7) is 7.42. The van der Waals surface area contributed by atoms with Crippen molar-refractivity contribution in [2.45, 2.75) is 51.8 Å². The van der Waals surface area contributed by atoms with E-state index in [1.807, 2.05) is 0 Å². The summed E-state index contributed by atoms with van der Waals surface area (Å²) in [7, 11) is 0. The Morgan fingerprint density at radius 1 is 1.14 bits per heavy atom. The third kappa shape index (κ3) is 3.17. The second-order valence-corrected chi connectivity index (χ2v) is 6.57. The van der Waals surface area contributed by atoms with E-state index >= 15 is 0 Å². The van der Waals surface area contributed by atoms with E-state index in [4.69, 9.17) is 4.74 Å². The Morgan fingerprint density at radius 3 is 2.59 bits per heavy atom. The van der Waals surface area contributed by atoms with Crippen LogP contribution in [0.2, 0.25) is 0 Å². The van der Waals surface area contributed by atoms with Crippen molar-refractivity contribution in [2.75, 3.05) is 0 Å². The standard InChI is InChI=1S/C20H25NO/c1-4-20(3)13-18(17-7-5-6-8-19(17)22-20)21-14-16-11-9-15(2)10-12-16/h5-12,18,21H,4,13-14H2,1-3H3. The number of aryl methyl sites for hydroxylation is 1. The summed E-state index contributed by atoms with van der Waals surface area (Å²) in [5, 5.41) is 3.72. The van der Waals surface area contributed by atoms with Crippen LogP contribution < -0.4 is 10.1 Å². The van der Waals surface area contributed by atoms with Gasteiger partial charge in [0.2, 0.25) is 0 Å². The van der Waals surface area contributed by atoms with Gasteiger partial charge in [-0.2, -0.15) is 0 Å². The smallest absolute Gasteiger partial charge is 0.124 e. The molecular weight excluding hydrogens is 270 g/mol. The number of nitrogens with one attached hydrogen (secondary N) is 1. The fourth-order valence-electron chi connectivity index (χ4n) is 3.06. The van der Waals surface area contributed by atoms with Gasteiger partial charge in [0.25, 0.3) is 0 Å². The van der Waals surface area contributed by atoms with Gasteiger partial charge in [0.05, 0.1) is 0 Å². The maximum Gasteiger partial charge on any atom is 0.124 e. The highest BCUT2D eigenvalue weighted by Crippen LogP contribution is 2.40. The Hall–Kier alpha value is -1.80. The monoisotopic (exact) mass is 295 g/mol. The minimum atomic E-state index is -0.0840. The molecule has 0 radical (unpaired) electrons. The van der Waals surface area contributed by atoms with Gasteiger partial charge in [-0.1, -0.05) is 55.0 Å². The lowest BCUT2D eigenvalue weighted by Gasteiger charge is -2.40. The van der Waals surface area contributed by atoms with Crippen LogP contribution in [0.25, 0.3) is 0 Å². The highest BCUT2D eigenvalue weighted by Gasteiger charge is 2.35. The normalized spacial score (nSPS) is 23.7. The molecule has 22 heavy (non-hydrogen) atoms. The number of fused-ring (bicyclic) bond motifs is 1. The van der Waals surface area contributed by atoms with Gasteiger partial charge in [0.15, 0.2) is 0 Å². The molecule has 0 saturated heterocycles. The number of para-hydroxylation sites is 1. The molecule has 0 bridgehead atoms. The summed E-state index contributed by atoms with van der Waals surface area (Å²) in [4.78, 5) is 0. The first-order valence-corrected chi connectivity index (χ1v) is 8.16. The van der Waals surface area contributed by atoms with Crippen LogP contribution >= 0.6 is 0 Å². The topological polar surface area (TPSA) is 21.3 Å². The second-order valence-electron chi connectivity index (χ2n) is 6.57. The lowest BCUT2D eigenvalue weighted by Crippen LogP contribution is -2.41. The van der Waals surface area contributed by atoms with Crippen molar-refractivity contribution < 1.29 is 4.74 Å². The Bertz CT molecular complexity index is 634. The molecule has 1 heterocycles. The zero-order chi connectivity index (χ0) is 15.6. The first kappa shape index (κ1) is 15.1. The van der Waals surface area contributed by atoms with Crippen molar-refractivity contribution in [3.63, 3.8) is 0 Å². The lowest BCUT2D eigenvalue weighted by atomic mass is 9.86. The van der Waals surface area contributed by atoms with E-state index in [0.717, 1.165) is 25.1 Å². The van der Waals surface area contributed by atoms with E-state index in [1.165, 1.54) is 16.7 Å². The van der Waals surface area contributed by atoms with E-state index in [1.54, 1.807) is 0 Å². The first-order chi connectivity index (χ1) is 10.6. The molecule has 0 spiro atoms. The van der Waals surface area contributed by atoms with Crippen LogP contribution in [0.3, 0.4) is 0 Å². The summed E-state index contributed by atoms with van der Waals surface area (Å²) in [5.41, 5.74) is 3.83. The van der Waals surface area contributed by atoms with Gasteiger partial charge >= 0.3 is 0 Å². The van der Waals surface area contributed by atoms with Gasteiger partial charge in [0, 0.05) is 24.6 Å².